The van der Waals surface area contributed by atoms with E-state index in [0.717, 1.165) is 12.8 Å². The van der Waals surface area contributed by atoms with Crippen LogP contribution in [0.4, 0.5) is 10.5 Å². The number of carbonyl (C=O) groups excluding carboxylic acids is 2. The van der Waals surface area contributed by atoms with Crippen molar-refractivity contribution >= 4 is 23.7 Å². The van der Waals surface area contributed by atoms with Crippen LogP contribution in [0.25, 0.3) is 11.1 Å². The van der Waals surface area contributed by atoms with E-state index >= 15 is 0 Å². The number of alkyl carbamates (subject to hydrolysis) is 1. The molecule has 0 atom stereocenters. The molecule has 3 aromatic carbocycles. The van der Waals surface area contributed by atoms with Gasteiger partial charge in [0.25, 0.3) is 0 Å². The highest BCUT2D eigenvalue weighted by molar-refractivity contribution is 5.92. The average molecular weight is 473 g/mol. The predicted octanol–water partition coefficient (Wildman–Crippen LogP) is 5.42. The Hall–Kier alpha value is -4.13. The first-order valence-electron chi connectivity index (χ1n) is 11.7. The Bertz CT molecular complexity index is 1160. The second-order valence-corrected chi connectivity index (χ2v) is 8.49. The van der Waals surface area contributed by atoms with E-state index in [9.17, 15) is 14.4 Å². The number of fused-ring (bicyclic) bond motifs is 3. The van der Waals surface area contributed by atoms with Gasteiger partial charge in [-0.1, -0.05) is 55.0 Å². The first-order chi connectivity index (χ1) is 17.0. The molecule has 0 saturated carbocycles. The van der Waals surface area contributed by atoms with E-state index in [-0.39, 0.29) is 24.0 Å². The average Bonchev–Trinajstić information content (AvgIpc) is 3.19. The van der Waals surface area contributed by atoms with Crippen molar-refractivity contribution in [3.05, 3.63) is 89.5 Å². The Morgan fingerprint density at radius 1 is 0.800 bits per heavy atom. The summed E-state index contributed by atoms with van der Waals surface area (Å²) < 4.78 is 5.52. The number of unbranched alkanes of at least 4 members (excludes halogenated alkanes) is 2. The van der Waals surface area contributed by atoms with Crippen LogP contribution in [-0.2, 0) is 9.53 Å². The lowest BCUT2D eigenvalue weighted by atomic mass is 9.98. The Morgan fingerprint density at radius 3 is 2.06 bits per heavy atom. The smallest absolute Gasteiger partial charge is 0.407 e. The third-order valence-electron chi connectivity index (χ3n) is 6.11. The van der Waals surface area contributed by atoms with Crippen molar-refractivity contribution in [1.29, 1.82) is 0 Å². The highest BCUT2D eigenvalue weighted by Crippen LogP contribution is 2.44. The molecule has 180 valence electrons. The molecular weight excluding hydrogens is 444 g/mol. The molecule has 35 heavy (non-hydrogen) atoms. The van der Waals surface area contributed by atoms with Gasteiger partial charge in [-0.05, 0) is 59.4 Å². The lowest BCUT2D eigenvalue weighted by molar-refractivity contribution is -0.116. The predicted molar refractivity (Wildman–Crippen MR) is 134 cm³/mol. The molecule has 0 bridgehead atoms. The third-order valence-corrected chi connectivity index (χ3v) is 6.11. The molecule has 0 aliphatic heterocycles. The highest BCUT2D eigenvalue weighted by atomic mass is 16.5. The summed E-state index contributed by atoms with van der Waals surface area (Å²) in [6, 6.07) is 22.5. The first-order valence-corrected chi connectivity index (χ1v) is 11.7. The van der Waals surface area contributed by atoms with E-state index in [2.05, 4.69) is 34.9 Å². The quantitative estimate of drug-likeness (QED) is 0.342. The van der Waals surface area contributed by atoms with Crippen molar-refractivity contribution < 1.29 is 24.2 Å². The molecule has 3 N–H and O–H groups in total. The number of carboxylic acid groups (broad SMARTS) is 1. The minimum absolute atomic E-state index is 0.0343. The zero-order valence-corrected chi connectivity index (χ0v) is 19.3. The van der Waals surface area contributed by atoms with Gasteiger partial charge in [-0.15, -0.1) is 0 Å². The third kappa shape index (κ3) is 6.06. The van der Waals surface area contributed by atoms with E-state index in [4.69, 9.17) is 9.84 Å². The van der Waals surface area contributed by atoms with Gasteiger partial charge in [-0.3, -0.25) is 4.79 Å². The van der Waals surface area contributed by atoms with Crippen molar-refractivity contribution in [3.63, 3.8) is 0 Å². The molecular formula is C28H28N2O5. The minimum atomic E-state index is -1.01. The lowest BCUT2D eigenvalue weighted by Gasteiger charge is -2.14. The maximum absolute atomic E-state index is 12.2. The summed E-state index contributed by atoms with van der Waals surface area (Å²) in [4.78, 5) is 35.1. The maximum atomic E-state index is 12.2. The SMILES string of the molecule is O=C(CCCCCNC(=O)OCC1c2ccccc2-c2ccccc21)Nc1ccc(C(=O)O)cc1. The number of benzene rings is 3. The zero-order valence-electron chi connectivity index (χ0n) is 19.3. The van der Waals surface area contributed by atoms with Gasteiger partial charge in [0.15, 0.2) is 0 Å². The number of amides is 2. The standard InChI is InChI=1S/C28H28N2O5/c31-26(30-20-15-13-19(14-16-20)27(32)33)12-2-1-7-17-29-28(34)35-18-25-23-10-5-3-8-21(23)22-9-4-6-11-24(22)25/h3-6,8-11,13-16,25H,1-2,7,12,17-18H2,(H,29,34)(H,30,31)(H,32,33). The van der Waals surface area contributed by atoms with Crippen LogP contribution in [0.2, 0.25) is 0 Å². The number of ether oxygens (including phenoxy) is 1. The molecule has 0 unspecified atom stereocenters. The number of rotatable bonds is 10. The maximum Gasteiger partial charge on any atom is 0.407 e. The van der Waals surface area contributed by atoms with Gasteiger partial charge in [-0.2, -0.15) is 0 Å². The van der Waals surface area contributed by atoms with Gasteiger partial charge in [0.2, 0.25) is 5.91 Å². The highest BCUT2D eigenvalue weighted by Gasteiger charge is 2.28. The number of anilines is 1. The van der Waals surface area contributed by atoms with Gasteiger partial charge in [0.05, 0.1) is 5.56 Å². The summed E-state index contributed by atoms with van der Waals surface area (Å²) in [5.74, 6) is -1.10. The fraction of sp³-hybridized carbons (Fsp3) is 0.250. The van der Waals surface area contributed by atoms with Crippen LogP contribution in [0, 0.1) is 0 Å². The largest absolute Gasteiger partial charge is 0.478 e. The van der Waals surface area contributed by atoms with Gasteiger partial charge < -0.3 is 20.5 Å². The lowest BCUT2D eigenvalue weighted by Crippen LogP contribution is -2.27. The van der Waals surface area contributed by atoms with Crippen LogP contribution in [0.3, 0.4) is 0 Å². The van der Waals surface area contributed by atoms with Crippen LogP contribution in [0.15, 0.2) is 72.8 Å². The van der Waals surface area contributed by atoms with Crippen molar-refractivity contribution in [2.75, 3.05) is 18.5 Å². The van der Waals surface area contributed by atoms with Gasteiger partial charge in [-0.25, -0.2) is 9.59 Å². The van der Waals surface area contributed by atoms with Crippen molar-refractivity contribution in [3.8, 4) is 11.1 Å². The fourth-order valence-electron chi connectivity index (χ4n) is 4.35. The van der Waals surface area contributed by atoms with E-state index in [0.29, 0.717) is 25.1 Å². The molecule has 0 spiro atoms. The molecule has 7 nitrogen and oxygen atoms in total. The molecule has 0 aromatic heterocycles. The summed E-state index contributed by atoms with van der Waals surface area (Å²) in [6.07, 6.45) is 2.13. The summed E-state index contributed by atoms with van der Waals surface area (Å²) >= 11 is 0. The fourth-order valence-corrected chi connectivity index (χ4v) is 4.35. The minimum Gasteiger partial charge on any atom is -0.478 e. The van der Waals surface area contributed by atoms with Gasteiger partial charge >= 0.3 is 12.1 Å². The second kappa shape index (κ2) is 11.3. The molecule has 0 radical (unpaired) electrons. The Balaban J connectivity index is 1.12. The van der Waals surface area contributed by atoms with Crippen LogP contribution < -0.4 is 10.6 Å². The normalized spacial score (nSPS) is 11.9. The number of hydrogen-bond acceptors (Lipinski definition) is 4. The first kappa shape index (κ1) is 24.0. The van der Waals surface area contributed by atoms with Crippen molar-refractivity contribution in [1.82, 2.24) is 5.32 Å². The van der Waals surface area contributed by atoms with Crippen LogP contribution in [-0.4, -0.2) is 36.2 Å². The number of carbonyl (C=O) groups is 3. The molecule has 7 heteroatoms. The Morgan fingerprint density at radius 2 is 1.43 bits per heavy atom. The topological polar surface area (TPSA) is 105 Å². The molecule has 2 amide bonds. The summed E-state index contributed by atoms with van der Waals surface area (Å²) in [5.41, 5.74) is 5.48. The summed E-state index contributed by atoms with van der Waals surface area (Å²) in [5, 5.41) is 14.4. The van der Waals surface area contributed by atoms with E-state index < -0.39 is 12.1 Å². The molecule has 0 heterocycles. The second-order valence-electron chi connectivity index (χ2n) is 8.49. The number of carboxylic acids is 1. The van der Waals surface area contributed by atoms with Crippen molar-refractivity contribution in [2.24, 2.45) is 0 Å². The molecule has 1 aliphatic carbocycles. The van der Waals surface area contributed by atoms with E-state index in [1.54, 1.807) is 12.1 Å². The summed E-state index contributed by atoms with van der Waals surface area (Å²) in [7, 11) is 0. The number of nitrogens with one attached hydrogen (secondary N) is 2. The molecule has 4 rings (SSSR count). The summed E-state index contributed by atoms with van der Waals surface area (Å²) in [6.45, 7) is 0.766. The monoisotopic (exact) mass is 472 g/mol. The zero-order chi connectivity index (χ0) is 24.6. The van der Waals surface area contributed by atoms with E-state index in [1.807, 2.05) is 24.3 Å². The van der Waals surface area contributed by atoms with Crippen molar-refractivity contribution in [2.45, 2.75) is 31.6 Å². The Labute approximate surface area is 204 Å². The van der Waals surface area contributed by atoms with Crippen LogP contribution >= 0.6 is 0 Å². The number of hydrogen-bond donors (Lipinski definition) is 3. The Kier molecular flexibility index (Phi) is 7.77. The van der Waals surface area contributed by atoms with Crippen LogP contribution in [0.1, 0.15) is 53.1 Å². The van der Waals surface area contributed by atoms with Gasteiger partial charge in [0.1, 0.15) is 6.61 Å². The van der Waals surface area contributed by atoms with Gasteiger partial charge in [0, 0.05) is 24.6 Å². The molecule has 3 aromatic rings. The molecule has 0 saturated heterocycles. The van der Waals surface area contributed by atoms with Crippen LogP contribution in [0.5, 0.6) is 0 Å². The number of aromatic carboxylic acids is 1. The molecule has 0 fully saturated rings. The van der Waals surface area contributed by atoms with E-state index in [1.165, 1.54) is 34.4 Å². The molecule has 1 aliphatic rings.